The Labute approximate surface area is 119 Å². The van der Waals surface area contributed by atoms with E-state index in [0.29, 0.717) is 12.1 Å². The number of carbonyl (C=O) groups excluding carboxylic acids is 1. The van der Waals surface area contributed by atoms with Crippen LogP contribution in [0, 0.1) is 0 Å². The van der Waals surface area contributed by atoms with Crippen molar-refractivity contribution in [3.63, 3.8) is 0 Å². The van der Waals surface area contributed by atoms with Crippen molar-refractivity contribution in [1.82, 2.24) is 4.90 Å². The Hall–Kier alpha value is -2.24. The lowest BCUT2D eigenvalue weighted by atomic mass is 10.1. The van der Waals surface area contributed by atoms with Crippen LogP contribution < -0.4 is 10.6 Å². The van der Waals surface area contributed by atoms with E-state index in [-0.39, 0.29) is 18.3 Å². The molecule has 110 valence electrons. The maximum atomic E-state index is 12.4. The minimum absolute atomic E-state index is 0.0247. The fourth-order valence-electron chi connectivity index (χ4n) is 1.83. The molecule has 0 unspecified atom stereocenters. The first kappa shape index (κ1) is 15.8. The molecule has 0 aliphatic carbocycles. The third-order valence-corrected chi connectivity index (χ3v) is 2.89. The van der Waals surface area contributed by atoms with Gasteiger partial charge in [0.05, 0.1) is 6.54 Å². The first-order chi connectivity index (χ1) is 9.49. The van der Waals surface area contributed by atoms with Crippen LogP contribution in [0.25, 0.3) is 0 Å². The zero-order valence-corrected chi connectivity index (χ0v) is 12.2. The number of rotatable bonds is 6. The van der Waals surface area contributed by atoms with Crippen LogP contribution in [-0.4, -0.2) is 49.0 Å². The molecule has 0 spiro atoms. The molecule has 0 aliphatic heterocycles. The summed E-state index contributed by atoms with van der Waals surface area (Å²) >= 11 is 0. The predicted octanol–water partition coefficient (Wildman–Crippen LogP) is 1.35. The summed E-state index contributed by atoms with van der Waals surface area (Å²) in [5.41, 5.74) is 7.10. The molecule has 20 heavy (non-hydrogen) atoms. The molecule has 3 N–H and O–H groups in total. The largest absolute Gasteiger partial charge is 0.409 e. The lowest BCUT2D eigenvalue weighted by molar-refractivity contribution is 0.0778. The Morgan fingerprint density at radius 1 is 1.30 bits per heavy atom. The number of benzene rings is 1. The first-order valence-electron chi connectivity index (χ1n) is 6.52. The Bertz CT molecular complexity index is 469. The van der Waals surface area contributed by atoms with Crippen LogP contribution >= 0.6 is 0 Å². The Kier molecular flexibility index (Phi) is 5.83. The van der Waals surface area contributed by atoms with Gasteiger partial charge in [0.15, 0.2) is 5.84 Å². The maximum Gasteiger partial charge on any atom is 0.254 e. The second-order valence-electron chi connectivity index (χ2n) is 4.76. The van der Waals surface area contributed by atoms with Gasteiger partial charge in [-0.05, 0) is 30.7 Å². The maximum absolute atomic E-state index is 12.4. The molecule has 0 aromatic heterocycles. The van der Waals surface area contributed by atoms with Crippen LogP contribution in [0.5, 0.6) is 0 Å². The van der Waals surface area contributed by atoms with Crippen molar-refractivity contribution in [2.24, 2.45) is 10.9 Å². The first-order valence-corrected chi connectivity index (χ1v) is 6.52. The number of amidine groups is 1. The number of anilines is 1. The number of hydrogen-bond donors (Lipinski definition) is 2. The molecule has 1 aromatic rings. The summed E-state index contributed by atoms with van der Waals surface area (Å²) in [6.45, 7) is 2.66. The number of oxime groups is 1. The van der Waals surface area contributed by atoms with E-state index in [1.165, 1.54) is 0 Å². The third-order valence-electron chi connectivity index (χ3n) is 2.89. The van der Waals surface area contributed by atoms with E-state index >= 15 is 0 Å². The fraction of sp³-hybridized carbons (Fsp3) is 0.429. The summed E-state index contributed by atoms with van der Waals surface area (Å²) in [6, 6.07) is 7.35. The Morgan fingerprint density at radius 3 is 2.35 bits per heavy atom. The van der Waals surface area contributed by atoms with Gasteiger partial charge in [-0.25, -0.2) is 0 Å². The van der Waals surface area contributed by atoms with Gasteiger partial charge in [-0.1, -0.05) is 12.1 Å². The molecular weight excluding hydrogens is 256 g/mol. The van der Waals surface area contributed by atoms with Gasteiger partial charge in [-0.15, -0.1) is 0 Å². The number of amides is 1. The topological polar surface area (TPSA) is 82.2 Å². The van der Waals surface area contributed by atoms with E-state index in [0.717, 1.165) is 12.1 Å². The molecule has 6 nitrogen and oxygen atoms in total. The van der Waals surface area contributed by atoms with Gasteiger partial charge in [-0.2, -0.15) is 0 Å². The standard InChI is InChI=1S/C14H22N4O2/c1-4-9-18(10-13(15)16-20)14(19)11-5-7-12(8-6-11)17(2)3/h5-8,20H,4,9-10H2,1-3H3,(H2,15,16). The monoisotopic (exact) mass is 278 g/mol. The van der Waals surface area contributed by atoms with E-state index in [1.807, 2.05) is 38.1 Å². The van der Waals surface area contributed by atoms with Gasteiger partial charge >= 0.3 is 0 Å². The lowest BCUT2D eigenvalue weighted by Crippen LogP contribution is -2.39. The van der Waals surface area contributed by atoms with Gasteiger partial charge in [0.2, 0.25) is 0 Å². The molecule has 1 rings (SSSR count). The SMILES string of the molecule is CCCN(CC(N)=NO)C(=O)c1ccc(N(C)C)cc1. The van der Waals surface area contributed by atoms with Crippen LogP contribution in [0.3, 0.4) is 0 Å². The summed E-state index contributed by atoms with van der Waals surface area (Å²) in [6.07, 6.45) is 0.806. The van der Waals surface area contributed by atoms with E-state index in [9.17, 15) is 4.79 Å². The van der Waals surface area contributed by atoms with Crippen LogP contribution in [-0.2, 0) is 0 Å². The van der Waals surface area contributed by atoms with Crippen LogP contribution in [0.15, 0.2) is 29.4 Å². The zero-order valence-electron chi connectivity index (χ0n) is 12.2. The summed E-state index contributed by atoms with van der Waals surface area (Å²) in [5, 5.41) is 11.5. The molecule has 0 bridgehead atoms. The number of nitrogens with zero attached hydrogens (tertiary/aromatic N) is 3. The van der Waals surface area contributed by atoms with Crippen LogP contribution in [0.1, 0.15) is 23.7 Å². The van der Waals surface area contributed by atoms with Crippen molar-refractivity contribution in [1.29, 1.82) is 0 Å². The highest BCUT2D eigenvalue weighted by atomic mass is 16.4. The molecule has 0 aliphatic rings. The van der Waals surface area contributed by atoms with Gasteiger partial charge in [0.1, 0.15) is 0 Å². The number of carbonyl (C=O) groups is 1. The van der Waals surface area contributed by atoms with Crippen molar-refractivity contribution >= 4 is 17.4 Å². The molecule has 6 heteroatoms. The Balaban J connectivity index is 2.88. The molecule has 1 amide bonds. The third kappa shape index (κ3) is 4.15. The average molecular weight is 278 g/mol. The number of hydrogen-bond acceptors (Lipinski definition) is 4. The molecule has 1 aromatic carbocycles. The zero-order chi connectivity index (χ0) is 15.1. The smallest absolute Gasteiger partial charge is 0.254 e. The molecule has 0 atom stereocenters. The summed E-state index contributed by atoms with van der Waals surface area (Å²) < 4.78 is 0. The highest BCUT2D eigenvalue weighted by Gasteiger charge is 2.16. The van der Waals surface area contributed by atoms with Gasteiger partial charge in [0.25, 0.3) is 5.91 Å². The van der Waals surface area contributed by atoms with Gasteiger partial charge in [0, 0.05) is 31.9 Å². The molecule has 0 radical (unpaired) electrons. The predicted molar refractivity (Wildman–Crippen MR) is 80.4 cm³/mol. The van der Waals surface area contributed by atoms with Crippen LogP contribution in [0.4, 0.5) is 5.69 Å². The second kappa shape index (κ2) is 7.37. The van der Waals surface area contributed by atoms with Crippen molar-refractivity contribution in [3.05, 3.63) is 29.8 Å². The van der Waals surface area contributed by atoms with Crippen LogP contribution in [0.2, 0.25) is 0 Å². The average Bonchev–Trinajstić information content (AvgIpc) is 2.46. The normalized spacial score (nSPS) is 11.2. The Morgan fingerprint density at radius 2 is 1.90 bits per heavy atom. The highest BCUT2D eigenvalue weighted by molar-refractivity contribution is 5.97. The van der Waals surface area contributed by atoms with Gasteiger partial charge in [-0.3, -0.25) is 4.79 Å². The highest BCUT2D eigenvalue weighted by Crippen LogP contribution is 2.14. The quantitative estimate of drug-likeness (QED) is 0.356. The molecular formula is C14H22N4O2. The van der Waals surface area contributed by atoms with E-state index in [1.54, 1.807) is 17.0 Å². The van der Waals surface area contributed by atoms with E-state index < -0.39 is 0 Å². The number of nitrogens with two attached hydrogens (primary N) is 1. The lowest BCUT2D eigenvalue weighted by Gasteiger charge is -2.21. The summed E-state index contributed by atoms with van der Waals surface area (Å²) in [5.74, 6) is -0.0968. The van der Waals surface area contributed by atoms with Crippen molar-refractivity contribution in [2.75, 3.05) is 32.1 Å². The molecule has 0 saturated heterocycles. The fourth-order valence-corrected chi connectivity index (χ4v) is 1.83. The summed E-state index contributed by atoms with van der Waals surface area (Å²) in [7, 11) is 3.89. The van der Waals surface area contributed by atoms with Crippen molar-refractivity contribution < 1.29 is 10.0 Å². The summed E-state index contributed by atoms with van der Waals surface area (Å²) in [4.78, 5) is 15.9. The minimum Gasteiger partial charge on any atom is -0.409 e. The molecule has 0 heterocycles. The van der Waals surface area contributed by atoms with Crippen molar-refractivity contribution in [3.8, 4) is 0 Å². The second-order valence-corrected chi connectivity index (χ2v) is 4.76. The van der Waals surface area contributed by atoms with Crippen molar-refractivity contribution in [2.45, 2.75) is 13.3 Å². The van der Waals surface area contributed by atoms with E-state index in [4.69, 9.17) is 10.9 Å². The molecule has 0 fully saturated rings. The van der Waals surface area contributed by atoms with E-state index in [2.05, 4.69) is 5.16 Å². The van der Waals surface area contributed by atoms with Gasteiger partial charge < -0.3 is 20.7 Å². The molecule has 0 saturated carbocycles. The minimum atomic E-state index is -0.122.